The van der Waals surface area contributed by atoms with Crippen LogP contribution in [-0.4, -0.2) is 0 Å². The maximum Gasteiger partial charge on any atom is 0.0745 e. The number of aryl methyl sites for hydroxylation is 1. The van der Waals surface area contributed by atoms with E-state index in [0.29, 0.717) is 4.83 Å². The molecule has 1 heterocycles. The molecular weight excluding hydrogens is 316 g/mol. The molecule has 1 aromatic heterocycles. The van der Waals surface area contributed by atoms with Gasteiger partial charge in [0.05, 0.1) is 4.83 Å². The Kier molecular flexibility index (Phi) is 4.22. The van der Waals surface area contributed by atoms with Gasteiger partial charge in [-0.3, -0.25) is 0 Å². The summed E-state index contributed by atoms with van der Waals surface area (Å²) in [5.41, 5.74) is 9.97. The van der Waals surface area contributed by atoms with E-state index in [2.05, 4.69) is 68.9 Å². The highest BCUT2D eigenvalue weighted by atomic mass is 79.9. The minimum absolute atomic E-state index is 0.311. The van der Waals surface area contributed by atoms with Crippen LogP contribution in [0.25, 0.3) is 0 Å². The molecule has 2 rings (SSSR count). The molecule has 0 N–H and O–H groups in total. The summed E-state index contributed by atoms with van der Waals surface area (Å²) in [6.07, 6.45) is 0. The molecule has 1 aromatic carbocycles. The second-order valence-corrected chi connectivity index (χ2v) is 7.23. The minimum Gasteiger partial charge on any atom is -0.147 e. The zero-order chi connectivity index (χ0) is 14.3. The Morgan fingerprint density at radius 3 is 1.74 bits per heavy atom. The van der Waals surface area contributed by atoms with Gasteiger partial charge in [-0.1, -0.05) is 15.9 Å². The second-order valence-electron chi connectivity index (χ2n) is 5.37. The second kappa shape index (κ2) is 5.41. The summed E-state index contributed by atoms with van der Waals surface area (Å²) in [4.78, 5) is 1.74. The quantitative estimate of drug-likeness (QED) is 0.582. The van der Waals surface area contributed by atoms with E-state index in [1.54, 1.807) is 0 Å². The smallest absolute Gasteiger partial charge is 0.0745 e. The summed E-state index contributed by atoms with van der Waals surface area (Å²) in [6.45, 7) is 13.4. The van der Waals surface area contributed by atoms with Gasteiger partial charge in [0, 0.05) is 4.88 Å². The molecule has 0 saturated heterocycles. The van der Waals surface area contributed by atoms with Gasteiger partial charge in [-0.2, -0.15) is 0 Å². The van der Waals surface area contributed by atoms with Crippen LogP contribution in [0.1, 0.15) is 48.6 Å². The minimum atomic E-state index is 0.311. The Balaban J connectivity index is 2.67. The van der Waals surface area contributed by atoms with Crippen LogP contribution in [0.3, 0.4) is 0 Å². The van der Waals surface area contributed by atoms with Gasteiger partial charge in [0.25, 0.3) is 0 Å². The van der Waals surface area contributed by atoms with Gasteiger partial charge < -0.3 is 0 Å². The normalized spacial score (nSPS) is 12.8. The predicted octanol–water partition coefficient (Wildman–Crippen LogP) is 6.08. The van der Waals surface area contributed by atoms with Crippen LogP contribution >= 0.6 is 27.3 Å². The number of alkyl halides is 1. The highest BCUT2D eigenvalue weighted by Crippen LogP contribution is 2.41. The fraction of sp³-hybridized carbons (Fsp3) is 0.412. The Hall–Kier alpha value is -0.600. The molecule has 102 valence electrons. The van der Waals surface area contributed by atoms with Crippen molar-refractivity contribution in [1.82, 2.24) is 0 Å². The summed E-state index contributed by atoms with van der Waals surface area (Å²) in [5, 5.41) is 2.18. The van der Waals surface area contributed by atoms with Crippen LogP contribution in [-0.2, 0) is 0 Å². The van der Waals surface area contributed by atoms with Crippen LogP contribution in [0.15, 0.2) is 11.4 Å². The van der Waals surface area contributed by atoms with Crippen molar-refractivity contribution in [3.05, 3.63) is 55.3 Å². The van der Waals surface area contributed by atoms with Crippen molar-refractivity contribution >= 4 is 27.3 Å². The molecule has 0 fully saturated rings. The van der Waals surface area contributed by atoms with E-state index in [0.717, 1.165) is 0 Å². The van der Waals surface area contributed by atoms with Crippen LogP contribution in [0.2, 0.25) is 0 Å². The van der Waals surface area contributed by atoms with Gasteiger partial charge in [0.1, 0.15) is 0 Å². The van der Waals surface area contributed by atoms with Crippen LogP contribution in [0, 0.1) is 41.5 Å². The Labute approximate surface area is 129 Å². The average molecular weight is 337 g/mol. The maximum absolute atomic E-state index is 3.93. The molecule has 0 aliphatic heterocycles. The molecular formula is C17H21BrS. The van der Waals surface area contributed by atoms with Crippen molar-refractivity contribution in [2.24, 2.45) is 0 Å². The van der Waals surface area contributed by atoms with E-state index in [1.165, 1.54) is 43.8 Å². The van der Waals surface area contributed by atoms with Crippen LogP contribution in [0.4, 0.5) is 0 Å². The van der Waals surface area contributed by atoms with Gasteiger partial charge in [-0.15, -0.1) is 11.3 Å². The van der Waals surface area contributed by atoms with Crippen molar-refractivity contribution in [3.63, 3.8) is 0 Å². The lowest BCUT2D eigenvalue weighted by Gasteiger charge is -2.22. The molecule has 0 aliphatic rings. The Morgan fingerprint density at radius 2 is 1.32 bits per heavy atom. The van der Waals surface area contributed by atoms with Crippen LogP contribution < -0.4 is 0 Å². The predicted molar refractivity (Wildman–Crippen MR) is 90.0 cm³/mol. The molecule has 0 nitrogen and oxygen atoms in total. The number of hydrogen-bond acceptors (Lipinski definition) is 1. The lowest BCUT2D eigenvalue weighted by atomic mass is 9.87. The molecule has 1 atom stereocenters. The van der Waals surface area contributed by atoms with Crippen LogP contribution in [0.5, 0.6) is 0 Å². The van der Waals surface area contributed by atoms with Crippen molar-refractivity contribution in [2.45, 2.75) is 46.4 Å². The fourth-order valence-corrected chi connectivity index (χ4v) is 4.97. The molecule has 19 heavy (non-hydrogen) atoms. The molecule has 0 bridgehead atoms. The van der Waals surface area contributed by atoms with Gasteiger partial charge in [-0.25, -0.2) is 0 Å². The first-order valence-electron chi connectivity index (χ1n) is 6.61. The van der Waals surface area contributed by atoms with Gasteiger partial charge in [-0.05, 0) is 91.9 Å². The fourth-order valence-electron chi connectivity index (χ4n) is 2.68. The number of benzene rings is 1. The largest absolute Gasteiger partial charge is 0.147 e. The first-order chi connectivity index (χ1) is 8.86. The van der Waals surface area contributed by atoms with Gasteiger partial charge >= 0.3 is 0 Å². The van der Waals surface area contributed by atoms with E-state index < -0.39 is 0 Å². The van der Waals surface area contributed by atoms with E-state index in [4.69, 9.17) is 0 Å². The highest BCUT2D eigenvalue weighted by molar-refractivity contribution is 9.09. The zero-order valence-electron chi connectivity index (χ0n) is 12.5. The summed E-state index contributed by atoms with van der Waals surface area (Å²) in [5.74, 6) is 0. The number of halogens is 1. The van der Waals surface area contributed by atoms with E-state index in [9.17, 15) is 0 Å². The Morgan fingerprint density at radius 1 is 0.842 bits per heavy atom. The first kappa shape index (κ1) is 14.8. The molecule has 0 aliphatic carbocycles. The molecule has 0 spiro atoms. The maximum atomic E-state index is 3.93. The SMILES string of the molecule is Cc1ccsc1C(Br)c1c(C)c(C)c(C)c(C)c1C. The highest BCUT2D eigenvalue weighted by Gasteiger charge is 2.21. The summed E-state index contributed by atoms with van der Waals surface area (Å²) >= 11 is 5.77. The van der Waals surface area contributed by atoms with Crippen molar-refractivity contribution in [3.8, 4) is 0 Å². The molecule has 1 unspecified atom stereocenters. The van der Waals surface area contributed by atoms with Crippen molar-refractivity contribution in [2.75, 3.05) is 0 Å². The molecule has 2 heteroatoms. The number of thiophene rings is 1. The zero-order valence-corrected chi connectivity index (χ0v) is 14.9. The van der Waals surface area contributed by atoms with E-state index >= 15 is 0 Å². The molecule has 0 saturated carbocycles. The Bertz CT molecular complexity index is 593. The third-order valence-corrected chi connectivity index (χ3v) is 6.75. The average Bonchev–Trinajstić information content (AvgIpc) is 2.80. The first-order valence-corrected chi connectivity index (χ1v) is 8.40. The topological polar surface area (TPSA) is 0 Å². The molecule has 0 amide bonds. The number of rotatable bonds is 2. The van der Waals surface area contributed by atoms with Crippen molar-refractivity contribution in [1.29, 1.82) is 0 Å². The third kappa shape index (κ3) is 2.41. The number of hydrogen-bond donors (Lipinski definition) is 0. The summed E-state index contributed by atoms with van der Waals surface area (Å²) < 4.78 is 0. The van der Waals surface area contributed by atoms with Gasteiger partial charge in [0.2, 0.25) is 0 Å². The molecule has 0 radical (unpaired) electrons. The third-order valence-electron chi connectivity index (χ3n) is 4.44. The lowest BCUT2D eigenvalue weighted by molar-refractivity contribution is 1.06. The van der Waals surface area contributed by atoms with Crippen molar-refractivity contribution < 1.29 is 0 Å². The summed E-state index contributed by atoms with van der Waals surface area (Å²) in [7, 11) is 0. The standard InChI is InChI=1S/C17H21BrS/c1-9-7-8-19-17(9)16(18)15-13(5)11(3)10(2)12(4)14(15)6/h7-8,16H,1-6H3. The summed E-state index contributed by atoms with van der Waals surface area (Å²) in [6, 6.07) is 2.20. The van der Waals surface area contributed by atoms with E-state index in [-0.39, 0.29) is 0 Å². The lowest BCUT2D eigenvalue weighted by Crippen LogP contribution is -2.05. The monoisotopic (exact) mass is 336 g/mol. The molecule has 2 aromatic rings. The van der Waals surface area contributed by atoms with Gasteiger partial charge in [0.15, 0.2) is 0 Å². The van der Waals surface area contributed by atoms with E-state index in [1.807, 2.05) is 11.3 Å².